The minimum absolute atomic E-state index is 0.122. The monoisotopic (exact) mass is 522 g/mol. The number of nitrogens with one attached hydrogen (secondary N) is 1. The molecule has 0 saturated carbocycles. The standard InChI is InChI=1S/C19H22N8O6S2/c1-33-24-12(10-8-35-19(21)22-10)15(29)23-13-16(30)27-14(18(31)32)9(7-34-17(13)27)6-25-3-2-11(20)26(25)4-5-28/h2-3,8,13,17,20,28H,4-7H2,1H3,(H4,21,22,23,29,31,32)/b24-12+/t13-,17-/m1/s1. The predicted octanol–water partition coefficient (Wildman–Crippen LogP) is -3.16. The van der Waals surface area contributed by atoms with Gasteiger partial charge in [0.25, 0.3) is 11.8 Å². The summed E-state index contributed by atoms with van der Waals surface area (Å²) in [5.41, 5.74) is 11.8. The van der Waals surface area contributed by atoms with Gasteiger partial charge in [0.1, 0.15) is 30.8 Å². The van der Waals surface area contributed by atoms with Gasteiger partial charge in [-0.3, -0.25) is 14.5 Å². The van der Waals surface area contributed by atoms with Gasteiger partial charge in [-0.25, -0.2) is 4.98 Å². The number of rotatable bonds is 9. The average Bonchev–Trinajstić information content (AvgIpc) is 3.41. The molecule has 186 valence electrons. The Morgan fingerprint density at radius 1 is 1.46 bits per heavy atom. The van der Waals surface area contributed by atoms with Gasteiger partial charge in [0.15, 0.2) is 29.4 Å². The number of hydrogen-bond acceptors (Lipinski definition) is 12. The number of β-lactam (4-membered cyclic amide) rings is 1. The molecule has 2 aromatic rings. The second kappa shape index (κ2) is 9.93. The average molecular weight is 523 g/mol. The van der Waals surface area contributed by atoms with Crippen molar-refractivity contribution in [3.05, 3.63) is 34.6 Å². The summed E-state index contributed by atoms with van der Waals surface area (Å²) in [7, 11) is 1.26. The lowest BCUT2D eigenvalue weighted by Gasteiger charge is -2.50. The maximum Gasteiger partial charge on any atom is 0.276 e. The lowest BCUT2D eigenvalue weighted by molar-refractivity contribution is -0.767. The van der Waals surface area contributed by atoms with Crippen molar-refractivity contribution in [1.29, 1.82) is 0 Å². The Kier molecular flexibility index (Phi) is 6.95. The number of aromatic nitrogens is 3. The van der Waals surface area contributed by atoms with Gasteiger partial charge in [0.05, 0.1) is 24.3 Å². The summed E-state index contributed by atoms with van der Waals surface area (Å²) in [6.45, 7) is 0.183. The number of aliphatic hydroxyl groups is 1. The maximum atomic E-state index is 12.9. The molecule has 0 bridgehead atoms. The van der Waals surface area contributed by atoms with Crippen molar-refractivity contribution < 1.29 is 34.1 Å². The van der Waals surface area contributed by atoms with E-state index in [1.54, 1.807) is 21.6 Å². The largest absolute Gasteiger partial charge is 0.543 e. The van der Waals surface area contributed by atoms with Crippen LogP contribution in [0.3, 0.4) is 0 Å². The third-order valence-electron chi connectivity index (χ3n) is 5.38. The molecule has 0 radical (unpaired) electrons. The lowest BCUT2D eigenvalue weighted by atomic mass is 10.0. The molecule has 0 aliphatic carbocycles. The normalized spacial score (nSPS) is 19.9. The number of hydrogen-bond donors (Lipinski definition) is 4. The summed E-state index contributed by atoms with van der Waals surface area (Å²) in [6, 6.07) is 0.645. The molecule has 0 aromatic carbocycles. The van der Waals surface area contributed by atoms with Crippen LogP contribution in [0.5, 0.6) is 0 Å². The van der Waals surface area contributed by atoms with Gasteiger partial charge in [-0.05, 0) is 0 Å². The molecule has 16 heteroatoms. The van der Waals surface area contributed by atoms with E-state index in [1.165, 1.54) is 24.3 Å². The SMILES string of the molecule is CO/N=C(/C(=O)N[C@@H]1C(=O)N2C(C(=O)[O-])=C(C[n+]3ccc(N)n3CCO)CS[C@H]12)c1csc(N)n1. The zero-order valence-electron chi connectivity index (χ0n) is 18.4. The predicted molar refractivity (Wildman–Crippen MR) is 123 cm³/mol. The number of carboxylic acid groups (broad SMARTS) is 1. The zero-order chi connectivity index (χ0) is 25.3. The first-order chi connectivity index (χ1) is 16.8. The molecule has 14 nitrogen and oxygen atoms in total. The molecule has 2 aliphatic heterocycles. The third-order valence-corrected chi connectivity index (χ3v) is 7.39. The van der Waals surface area contributed by atoms with Crippen LogP contribution < -0.4 is 26.6 Å². The van der Waals surface area contributed by atoms with Crippen LogP contribution in [0.4, 0.5) is 10.9 Å². The van der Waals surface area contributed by atoms with E-state index in [1.807, 2.05) is 0 Å². The first kappa shape index (κ1) is 24.5. The third kappa shape index (κ3) is 4.54. The van der Waals surface area contributed by atoms with E-state index >= 15 is 0 Å². The van der Waals surface area contributed by atoms with E-state index in [0.29, 0.717) is 11.4 Å². The van der Waals surface area contributed by atoms with Gasteiger partial charge in [-0.15, -0.1) is 32.5 Å². The molecular formula is C19H22N8O6S2. The fraction of sp³-hybridized carbons (Fsp3) is 0.368. The number of thiazole rings is 1. The number of nitrogens with two attached hydrogens (primary N) is 2. The highest BCUT2D eigenvalue weighted by molar-refractivity contribution is 8.00. The summed E-state index contributed by atoms with van der Waals surface area (Å²) in [6.07, 6.45) is 1.66. The Labute approximate surface area is 206 Å². The van der Waals surface area contributed by atoms with Crippen molar-refractivity contribution in [1.82, 2.24) is 19.9 Å². The van der Waals surface area contributed by atoms with E-state index < -0.39 is 29.2 Å². The second-order valence-electron chi connectivity index (χ2n) is 7.48. The zero-order valence-corrected chi connectivity index (χ0v) is 20.0. The van der Waals surface area contributed by atoms with Gasteiger partial charge in [0, 0.05) is 16.7 Å². The number of aliphatic hydroxyl groups excluding tert-OH is 1. The summed E-state index contributed by atoms with van der Waals surface area (Å²) < 4.78 is 3.25. The van der Waals surface area contributed by atoms with Gasteiger partial charge in [-0.2, -0.15) is 0 Å². The Morgan fingerprint density at radius 2 is 2.23 bits per heavy atom. The van der Waals surface area contributed by atoms with Crippen molar-refractivity contribution >= 4 is 57.5 Å². The summed E-state index contributed by atoms with van der Waals surface area (Å²) >= 11 is 2.41. The van der Waals surface area contributed by atoms with E-state index in [2.05, 4.69) is 15.5 Å². The number of carbonyl (C=O) groups excluding carboxylic acids is 3. The molecule has 1 saturated heterocycles. The van der Waals surface area contributed by atoms with Crippen molar-refractivity contribution in [2.75, 3.05) is 30.9 Å². The second-order valence-corrected chi connectivity index (χ2v) is 9.47. The first-order valence-corrected chi connectivity index (χ1v) is 12.2. The quantitative estimate of drug-likeness (QED) is 0.113. The molecule has 35 heavy (non-hydrogen) atoms. The summed E-state index contributed by atoms with van der Waals surface area (Å²) in [5.74, 6) is -2.15. The minimum atomic E-state index is -1.50. The van der Waals surface area contributed by atoms with Crippen molar-refractivity contribution in [2.45, 2.75) is 24.5 Å². The smallest absolute Gasteiger partial charge is 0.276 e. The molecule has 6 N–H and O–H groups in total. The molecule has 1 fully saturated rings. The van der Waals surface area contributed by atoms with Crippen molar-refractivity contribution in [3.8, 4) is 0 Å². The fourth-order valence-electron chi connectivity index (χ4n) is 3.86. The topological polar surface area (TPSA) is 205 Å². The fourth-order valence-corrected chi connectivity index (χ4v) is 5.74. The Bertz CT molecular complexity index is 1240. The minimum Gasteiger partial charge on any atom is -0.543 e. The molecule has 0 unspecified atom stereocenters. The molecule has 2 amide bonds. The Morgan fingerprint density at radius 3 is 2.86 bits per heavy atom. The molecule has 4 rings (SSSR count). The van der Waals surface area contributed by atoms with Crippen LogP contribution in [0.15, 0.2) is 34.1 Å². The number of carboxylic acids is 1. The molecular weight excluding hydrogens is 500 g/mol. The van der Waals surface area contributed by atoms with Crippen LogP contribution in [0.1, 0.15) is 5.69 Å². The molecule has 2 aliphatic rings. The number of fused-ring (bicyclic) bond motifs is 1. The number of oxime groups is 1. The Hall–Kier alpha value is -3.63. The molecule has 4 heterocycles. The summed E-state index contributed by atoms with van der Waals surface area (Å²) in [4.78, 5) is 47.6. The van der Waals surface area contributed by atoms with Crippen molar-refractivity contribution in [3.63, 3.8) is 0 Å². The highest BCUT2D eigenvalue weighted by Crippen LogP contribution is 2.40. The number of anilines is 2. The summed E-state index contributed by atoms with van der Waals surface area (Å²) in [5, 5.41) is 28.7. The lowest BCUT2D eigenvalue weighted by Crippen LogP contribution is -2.71. The van der Waals surface area contributed by atoms with E-state index in [0.717, 1.165) is 16.2 Å². The molecule has 2 atom stereocenters. The van der Waals surface area contributed by atoms with E-state index in [-0.39, 0.29) is 47.7 Å². The molecule has 0 spiro atoms. The highest BCUT2D eigenvalue weighted by atomic mass is 32.2. The number of nitrogens with zero attached hydrogens (tertiary/aromatic N) is 5. The number of aliphatic carboxylic acids is 1. The first-order valence-electron chi connectivity index (χ1n) is 10.2. The van der Waals surface area contributed by atoms with Crippen LogP contribution in [-0.4, -0.2) is 74.1 Å². The van der Waals surface area contributed by atoms with Crippen LogP contribution in [0.2, 0.25) is 0 Å². The maximum absolute atomic E-state index is 12.9. The van der Waals surface area contributed by atoms with Crippen LogP contribution in [-0.2, 0) is 32.3 Å². The van der Waals surface area contributed by atoms with E-state index in [9.17, 15) is 24.6 Å². The van der Waals surface area contributed by atoms with Gasteiger partial charge in [-0.1, -0.05) is 5.16 Å². The molecule has 2 aromatic heterocycles. The number of amides is 2. The highest BCUT2D eigenvalue weighted by Gasteiger charge is 2.53. The van der Waals surface area contributed by atoms with Gasteiger partial charge in [0.2, 0.25) is 0 Å². The van der Waals surface area contributed by atoms with E-state index in [4.69, 9.17) is 16.3 Å². The van der Waals surface area contributed by atoms with Crippen LogP contribution >= 0.6 is 23.1 Å². The van der Waals surface area contributed by atoms with Crippen LogP contribution in [0, 0.1) is 0 Å². The number of thioether (sulfide) groups is 1. The van der Waals surface area contributed by atoms with Gasteiger partial charge < -0.3 is 36.6 Å². The number of carbonyl (C=O) groups is 3. The van der Waals surface area contributed by atoms with Crippen LogP contribution in [0.25, 0.3) is 0 Å². The number of nitrogen functional groups attached to an aromatic ring is 2. The van der Waals surface area contributed by atoms with Gasteiger partial charge >= 0.3 is 0 Å². The Balaban J connectivity index is 1.54. The van der Waals surface area contributed by atoms with Crippen molar-refractivity contribution in [2.24, 2.45) is 5.16 Å².